The zero-order valence-electron chi connectivity index (χ0n) is 37.1. The van der Waals surface area contributed by atoms with Crippen molar-refractivity contribution >= 4 is 0 Å². The summed E-state index contributed by atoms with van der Waals surface area (Å²) in [7, 11) is 0. The molecule has 0 unspecified atom stereocenters. The molecule has 1 N–H and O–H groups in total. The Morgan fingerprint density at radius 3 is 0.721 bits per heavy atom. The molecule has 0 bridgehead atoms. The Balaban J connectivity index is 0.00000182. The van der Waals surface area contributed by atoms with Gasteiger partial charge < -0.3 is 76.2 Å². The van der Waals surface area contributed by atoms with Crippen molar-refractivity contribution in [1.29, 1.82) is 0 Å². The highest BCUT2D eigenvalue weighted by Gasteiger charge is 1.98. The molecule has 0 heterocycles. The Morgan fingerprint density at radius 1 is 0.295 bits per heavy atom. The second-order valence-electron chi connectivity index (χ2n) is 13.0. The van der Waals surface area contributed by atoms with Gasteiger partial charge in [-0.1, -0.05) is 62.4 Å². The molecule has 0 spiro atoms. The highest BCUT2D eigenvalue weighted by Crippen LogP contribution is 2.11. The van der Waals surface area contributed by atoms with Crippen molar-refractivity contribution in [3.8, 4) is 5.75 Å². The highest BCUT2D eigenvalue weighted by atomic mass is 16.6. The molecule has 0 saturated heterocycles. The third-order valence-electron chi connectivity index (χ3n) is 7.78. The maximum atomic E-state index is 8.59. The first-order valence-electron chi connectivity index (χ1n) is 21.7. The van der Waals surface area contributed by atoms with E-state index in [-0.39, 0.29) is 6.61 Å². The summed E-state index contributed by atoms with van der Waals surface area (Å²) in [5, 5.41) is 8.59. The van der Waals surface area contributed by atoms with Crippen molar-refractivity contribution in [1.82, 2.24) is 0 Å². The average Bonchev–Trinajstić information content (AvgIpc) is 3.28. The minimum absolute atomic E-state index is 0.0226. The van der Waals surface area contributed by atoms with Gasteiger partial charge in [0.15, 0.2) is 0 Å². The van der Waals surface area contributed by atoms with Gasteiger partial charge in [-0.2, -0.15) is 0 Å². The van der Waals surface area contributed by atoms with Gasteiger partial charge >= 0.3 is 0 Å². The van der Waals surface area contributed by atoms with Crippen LogP contribution in [0.5, 0.6) is 5.75 Å². The molecule has 2 aromatic rings. The Morgan fingerprint density at radius 2 is 0.508 bits per heavy atom. The summed E-state index contributed by atoms with van der Waals surface area (Å²) in [4.78, 5) is 0. The predicted molar refractivity (Wildman–Crippen MR) is 231 cm³/mol. The molecule has 0 aromatic heterocycles. The number of para-hydroxylation sites is 1. The molecule has 0 amide bonds. The monoisotopic (exact) mass is 875 g/mol. The maximum absolute atomic E-state index is 8.59. The average molecular weight is 875 g/mol. The number of hydrogen-bond donors (Lipinski definition) is 1. The van der Waals surface area contributed by atoms with Gasteiger partial charge in [-0.15, -0.1) is 0 Å². The van der Waals surface area contributed by atoms with Crippen molar-refractivity contribution in [2.45, 2.75) is 19.8 Å². The zero-order valence-corrected chi connectivity index (χ0v) is 37.1. The summed E-state index contributed by atoms with van der Waals surface area (Å²) >= 11 is 0. The number of hydrogen-bond acceptors (Lipinski definition) is 16. The third-order valence-corrected chi connectivity index (χ3v) is 7.78. The second-order valence-corrected chi connectivity index (χ2v) is 13.0. The van der Waals surface area contributed by atoms with E-state index >= 15 is 0 Å². The lowest BCUT2D eigenvalue weighted by Crippen LogP contribution is -2.16. The standard InChI is InChI=1S/C36H66O16.C9H12/c37-6-7-38-8-9-39-10-11-40-12-13-41-14-15-42-16-17-43-18-19-44-20-21-45-22-23-46-24-25-47-26-27-48-28-29-49-30-31-50-32-33-51-34-35-52-36-4-2-1-3-5-36;1-8(2)9-6-4-3-5-7-9/h1-5,37H,6-35H2;3-8H,1-2H3. The van der Waals surface area contributed by atoms with Gasteiger partial charge in [0.1, 0.15) is 12.4 Å². The summed E-state index contributed by atoms with van der Waals surface area (Å²) in [6, 6.07) is 20.2. The molecule has 0 aliphatic carbocycles. The van der Waals surface area contributed by atoms with Crippen molar-refractivity contribution in [3.63, 3.8) is 0 Å². The lowest BCUT2D eigenvalue weighted by atomic mass is 10.0. The van der Waals surface area contributed by atoms with E-state index in [1.165, 1.54) is 5.56 Å². The smallest absolute Gasteiger partial charge is 0.119 e. The van der Waals surface area contributed by atoms with Crippen LogP contribution < -0.4 is 4.74 Å². The summed E-state index contributed by atoms with van der Waals surface area (Å²) in [5.41, 5.74) is 1.41. The van der Waals surface area contributed by atoms with E-state index in [0.29, 0.717) is 198 Å². The van der Waals surface area contributed by atoms with E-state index in [4.69, 9.17) is 76.2 Å². The Hall–Kier alpha value is -2.36. The first-order valence-corrected chi connectivity index (χ1v) is 21.7. The molecule has 2 rings (SSSR count). The molecule has 0 atom stereocenters. The minimum atomic E-state index is 0.0226. The van der Waals surface area contributed by atoms with E-state index in [2.05, 4.69) is 38.1 Å². The van der Waals surface area contributed by atoms with E-state index in [1.807, 2.05) is 36.4 Å². The first kappa shape index (κ1) is 56.7. The maximum Gasteiger partial charge on any atom is 0.119 e. The summed E-state index contributed by atoms with van der Waals surface area (Å²) in [6.45, 7) is 18.8. The number of ether oxygens (including phenoxy) is 15. The van der Waals surface area contributed by atoms with Crippen molar-refractivity contribution < 1.29 is 76.2 Å². The van der Waals surface area contributed by atoms with E-state index < -0.39 is 0 Å². The fourth-order valence-corrected chi connectivity index (χ4v) is 4.60. The molecule has 16 heteroatoms. The fraction of sp³-hybridized carbons (Fsp3) is 0.733. The molecule has 354 valence electrons. The predicted octanol–water partition coefficient (Wildman–Crippen LogP) is 4.10. The normalized spacial score (nSPS) is 11.3. The molecule has 0 saturated carbocycles. The lowest BCUT2D eigenvalue weighted by Gasteiger charge is -2.09. The summed E-state index contributed by atoms with van der Waals surface area (Å²) in [5.74, 6) is 1.50. The zero-order chi connectivity index (χ0) is 43.6. The van der Waals surface area contributed by atoms with Gasteiger partial charge in [0.2, 0.25) is 0 Å². The quantitative estimate of drug-likeness (QED) is 0.0948. The molecule has 16 nitrogen and oxygen atoms in total. The van der Waals surface area contributed by atoms with Crippen LogP contribution >= 0.6 is 0 Å². The Labute approximate surface area is 365 Å². The molecular formula is C45H78O16. The van der Waals surface area contributed by atoms with Gasteiger partial charge in [-0.05, 0) is 23.6 Å². The number of aliphatic hydroxyl groups is 1. The topological polar surface area (TPSA) is 159 Å². The number of aliphatic hydroxyl groups excluding tert-OH is 1. The van der Waals surface area contributed by atoms with Crippen LogP contribution in [0.3, 0.4) is 0 Å². The highest BCUT2D eigenvalue weighted by molar-refractivity contribution is 5.20. The summed E-state index contributed by atoms with van der Waals surface area (Å²) < 4.78 is 81.6. The van der Waals surface area contributed by atoms with Crippen LogP contribution in [-0.2, 0) is 66.3 Å². The SMILES string of the molecule is CC(C)c1ccccc1.OCCOCCOCCOCCOCCOCCOCCOCCOCCOCCOCCOCCOCCOCCOCCOc1ccccc1. The Kier molecular flexibility index (Phi) is 45.2. The van der Waals surface area contributed by atoms with E-state index in [1.54, 1.807) is 0 Å². The Bertz CT molecular complexity index is 1090. The molecule has 0 aliphatic rings. The fourth-order valence-electron chi connectivity index (χ4n) is 4.60. The summed E-state index contributed by atoms with van der Waals surface area (Å²) in [6.07, 6.45) is 0. The number of rotatable bonds is 46. The first-order chi connectivity index (χ1) is 30.2. The van der Waals surface area contributed by atoms with Crippen molar-refractivity contribution in [2.24, 2.45) is 0 Å². The number of benzene rings is 2. The van der Waals surface area contributed by atoms with Crippen molar-refractivity contribution in [2.75, 3.05) is 198 Å². The van der Waals surface area contributed by atoms with Crippen LogP contribution in [0.4, 0.5) is 0 Å². The van der Waals surface area contributed by atoms with Gasteiger partial charge in [-0.3, -0.25) is 0 Å². The van der Waals surface area contributed by atoms with Gasteiger partial charge in [0.05, 0.1) is 192 Å². The second kappa shape index (κ2) is 48.7. The van der Waals surface area contributed by atoms with Crippen LogP contribution in [0.2, 0.25) is 0 Å². The van der Waals surface area contributed by atoms with Gasteiger partial charge in [0, 0.05) is 0 Å². The van der Waals surface area contributed by atoms with Crippen molar-refractivity contribution in [3.05, 3.63) is 66.2 Å². The van der Waals surface area contributed by atoms with Gasteiger partial charge in [0.25, 0.3) is 0 Å². The van der Waals surface area contributed by atoms with Crippen LogP contribution in [0, 0.1) is 0 Å². The molecular weight excluding hydrogens is 796 g/mol. The molecule has 61 heavy (non-hydrogen) atoms. The largest absolute Gasteiger partial charge is 0.491 e. The van der Waals surface area contributed by atoms with Gasteiger partial charge in [-0.25, -0.2) is 0 Å². The van der Waals surface area contributed by atoms with E-state index in [0.717, 1.165) is 5.75 Å². The molecule has 2 aromatic carbocycles. The lowest BCUT2D eigenvalue weighted by molar-refractivity contribution is -0.0298. The van der Waals surface area contributed by atoms with Crippen LogP contribution in [0.1, 0.15) is 25.3 Å². The third kappa shape index (κ3) is 44.1. The minimum Gasteiger partial charge on any atom is -0.491 e. The molecule has 0 fully saturated rings. The van der Waals surface area contributed by atoms with Crippen LogP contribution in [0.25, 0.3) is 0 Å². The molecule has 0 aliphatic heterocycles. The van der Waals surface area contributed by atoms with E-state index in [9.17, 15) is 0 Å². The molecule has 0 radical (unpaired) electrons. The van der Waals surface area contributed by atoms with Crippen LogP contribution in [0.15, 0.2) is 60.7 Å². The van der Waals surface area contributed by atoms with Crippen LogP contribution in [-0.4, -0.2) is 203 Å².